The third-order valence-corrected chi connectivity index (χ3v) is 5.78. The summed E-state index contributed by atoms with van der Waals surface area (Å²) >= 11 is 0. The molecule has 2 aliphatic heterocycles. The number of hydrogen-bond acceptors (Lipinski definition) is 3. The minimum atomic E-state index is -0.434. The standard InChI is InChI=1S/C23H27N3O2/c1-17(27)26-21-10-5-4-8-19(21)15-22(26)23(28)24-12-6-13-25-14-11-18-7-2-3-9-20(18)16-25/h2-5,7-10,22H,6,11-16H2,1H3,(H,24,28)/t22-/m1/s1. The van der Waals surface area contributed by atoms with E-state index in [-0.39, 0.29) is 11.8 Å². The Hall–Kier alpha value is -2.66. The van der Waals surface area contributed by atoms with Crippen LogP contribution >= 0.6 is 0 Å². The van der Waals surface area contributed by atoms with Gasteiger partial charge in [0.2, 0.25) is 11.8 Å². The molecule has 0 unspecified atom stereocenters. The van der Waals surface area contributed by atoms with E-state index in [4.69, 9.17) is 0 Å². The van der Waals surface area contributed by atoms with Gasteiger partial charge in [0.05, 0.1) is 0 Å². The van der Waals surface area contributed by atoms with Gasteiger partial charge in [0.15, 0.2) is 0 Å². The van der Waals surface area contributed by atoms with Gasteiger partial charge in [-0.3, -0.25) is 19.4 Å². The van der Waals surface area contributed by atoms with Crippen molar-refractivity contribution in [3.63, 3.8) is 0 Å². The zero-order chi connectivity index (χ0) is 19.5. The summed E-state index contributed by atoms with van der Waals surface area (Å²) in [6.07, 6.45) is 2.59. The minimum absolute atomic E-state index is 0.0598. The first-order chi connectivity index (χ1) is 13.6. The zero-order valence-corrected chi connectivity index (χ0v) is 16.4. The summed E-state index contributed by atoms with van der Waals surface area (Å²) in [5.74, 6) is -0.146. The summed E-state index contributed by atoms with van der Waals surface area (Å²) in [7, 11) is 0. The van der Waals surface area contributed by atoms with Crippen LogP contribution in [0.5, 0.6) is 0 Å². The molecule has 28 heavy (non-hydrogen) atoms. The van der Waals surface area contributed by atoms with E-state index < -0.39 is 6.04 Å². The van der Waals surface area contributed by atoms with Gasteiger partial charge in [-0.2, -0.15) is 0 Å². The number of fused-ring (bicyclic) bond motifs is 2. The first kappa shape index (κ1) is 18.7. The smallest absolute Gasteiger partial charge is 0.243 e. The van der Waals surface area contributed by atoms with Crippen LogP contribution < -0.4 is 10.2 Å². The molecule has 2 amide bonds. The van der Waals surface area contributed by atoms with Gasteiger partial charge in [0.25, 0.3) is 0 Å². The predicted octanol–water partition coefficient (Wildman–Crippen LogP) is 2.53. The topological polar surface area (TPSA) is 52.7 Å². The molecule has 146 valence electrons. The van der Waals surface area contributed by atoms with E-state index in [1.807, 2.05) is 24.3 Å². The molecule has 0 aliphatic carbocycles. The summed E-state index contributed by atoms with van der Waals surface area (Å²) in [6.45, 7) is 5.18. The van der Waals surface area contributed by atoms with E-state index in [9.17, 15) is 9.59 Å². The highest BCUT2D eigenvalue weighted by Crippen LogP contribution is 2.32. The molecule has 0 radical (unpaired) electrons. The molecule has 0 saturated heterocycles. The lowest BCUT2D eigenvalue weighted by Gasteiger charge is -2.28. The molecular weight excluding hydrogens is 350 g/mol. The number of nitrogens with one attached hydrogen (secondary N) is 1. The monoisotopic (exact) mass is 377 g/mol. The molecule has 0 spiro atoms. The number of rotatable bonds is 5. The SMILES string of the molecule is CC(=O)N1c2ccccc2C[C@@H]1C(=O)NCCCN1CCc2ccccc2C1. The van der Waals surface area contributed by atoms with Crippen molar-refractivity contribution in [1.82, 2.24) is 10.2 Å². The summed E-state index contributed by atoms with van der Waals surface area (Å²) < 4.78 is 0. The van der Waals surface area contributed by atoms with Crippen molar-refractivity contribution in [2.75, 3.05) is 24.5 Å². The van der Waals surface area contributed by atoms with Gasteiger partial charge in [-0.05, 0) is 35.6 Å². The number of nitrogens with zero attached hydrogens (tertiary/aromatic N) is 2. The van der Waals surface area contributed by atoms with Crippen LogP contribution in [0.15, 0.2) is 48.5 Å². The molecule has 2 aromatic carbocycles. The van der Waals surface area contributed by atoms with Gasteiger partial charge in [-0.15, -0.1) is 0 Å². The summed E-state index contributed by atoms with van der Waals surface area (Å²) in [5, 5.41) is 3.04. The van der Waals surface area contributed by atoms with Crippen molar-refractivity contribution in [1.29, 1.82) is 0 Å². The Kier molecular flexibility index (Phi) is 5.44. The number of hydrogen-bond donors (Lipinski definition) is 1. The Morgan fingerprint density at radius 1 is 1.04 bits per heavy atom. The number of para-hydroxylation sites is 1. The number of carbonyl (C=O) groups excluding carboxylic acids is 2. The lowest BCUT2D eigenvalue weighted by atomic mass is 10.00. The van der Waals surface area contributed by atoms with Crippen molar-refractivity contribution >= 4 is 17.5 Å². The van der Waals surface area contributed by atoms with Crippen molar-refractivity contribution in [2.45, 2.75) is 38.8 Å². The Morgan fingerprint density at radius 2 is 1.75 bits per heavy atom. The molecule has 5 nitrogen and oxygen atoms in total. The summed E-state index contributed by atoms with van der Waals surface area (Å²) in [6, 6.07) is 16.0. The lowest BCUT2D eigenvalue weighted by Crippen LogP contribution is -2.47. The molecule has 2 heterocycles. The van der Waals surface area contributed by atoms with Crippen molar-refractivity contribution in [3.8, 4) is 0 Å². The van der Waals surface area contributed by atoms with Gasteiger partial charge in [0.1, 0.15) is 6.04 Å². The number of carbonyl (C=O) groups is 2. The fraction of sp³-hybridized carbons (Fsp3) is 0.391. The van der Waals surface area contributed by atoms with Gasteiger partial charge in [0, 0.05) is 45.2 Å². The fourth-order valence-electron chi connectivity index (χ4n) is 4.36. The van der Waals surface area contributed by atoms with Crippen LogP contribution in [0.25, 0.3) is 0 Å². The van der Waals surface area contributed by atoms with Crippen LogP contribution in [-0.4, -0.2) is 42.4 Å². The van der Waals surface area contributed by atoms with Gasteiger partial charge in [-0.1, -0.05) is 42.5 Å². The number of anilines is 1. The lowest BCUT2D eigenvalue weighted by molar-refractivity contribution is -0.125. The Balaban J connectivity index is 1.27. The second-order valence-corrected chi connectivity index (χ2v) is 7.68. The number of amides is 2. The quantitative estimate of drug-likeness (QED) is 0.815. The molecular formula is C23H27N3O2. The molecule has 1 atom stereocenters. The second-order valence-electron chi connectivity index (χ2n) is 7.68. The highest BCUT2D eigenvalue weighted by Gasteiger charge is 2.36. The van der Waals surface area contributed by atoms with Crippen LogP contribution in [0.3, 0.4) is 0 Å². The first-order valence-corrected chi connectivity index (χ1v) is 10.1. The third kappa shape index (κ3) is 3.80. The predicted molar refractivity (Wildman–Crippen MR) is 110 cm³/mol. The maximum Gasteiger partial charge on any atom is 0.243 e. The summed E-state index contributed by atoms with van der Waals surface area (Å²) in [4.78, 5) is 28.9. The van der Waals surface area contributed by atoms with Gasteiger partial charge < -0.3 is 5.32 Å². The van der Waals surface area contributed by atoms with E-state index in [0.717, 1.165) is 43.7 Å². The highest BCUT2D eigenvalue weighted by molar-refractivity contribution is 6.02. The molecule has 0 fully saturated rings. The normalized spacial score (nSPS) is 18.5. The van der Waals surface area contributed by atoms with E-state index in [1.54, 1.807) is 4.90 Å². The largest absolute Gasteiger partial charge is 0.354 e. The van der Waals surface area contributed by atoms with Gasteiger partial charge >= 0.3 is 0 Å². The molecule has 4 rings (SSSR count). The van der Waals surface area contributed by atoms with Crippen molar-refractivity contribution < 1.29 is 9.59 Å². The van der Waals surface area contributed by atoms with E-state index >= 15 is 0 Å². The van der Waals surface area contributed by atoms with Crippen molar-refractivity contribution in [3.05, 3.63) is 65.2 Å². The van der Waals surface area contributed by atoms with E-state index in [1.165, 1.54) is 18.1 Å². The van der Waals surface area contributed by atoms with Crippen LogP contribution in [-0.2, 0) is 29.0 Å². The molecule has 2 aromatic rings. The average molecular weight is 377 g/mol. The van der Waals surface area contributed by atoms with Crippen LogP contribution in [0, 0.1) is 0 Å². The fourth-order valence-corrected chi connectivity index (χ4v) is 4.36. The van der Waals surface area contributed by atoms with Crippen molar-refractivity contribution in [2.24, 2.45) is 0 Å². The van der Waals surface area contributed by atoms with E-state index in [0.29, 0.717) is 13.0 Å². The van der Waals surface area contributed by atoms with E-state index in [2.05, 4.69) is 34.5 Å². The molecule has 1 N–H and O–H groups in total. The number of benzene rings is 2. The van der Waals surface area contributed by atoms with Crippen LogP contribution in [0.4, 0.5) is 5.69 Å². The molecule has 0 saturated carbocycles. The third-order valence-electron chi connectivity index (χ3n) is 5.78. The Morgan fingerprint density at radius 3 is 2.54 bits per heavy atom. The Labute approximate surface area is 166 Å². The van der Waals surface area contributed by atoms with Crippen LogP contribution in [0.2, 0.25) is 0 Å². The minimum Gasteiger partial charge on any atom is -0.354 e. The highest BCUT2D eigenvalue weighted by atomic mass is 16.2. The molecule has 0 aromatic heterocycles. The molecule has 0 bridgehead atoms. The summed E-state index contributed by atoms with van der Waals surface area (Å²) in [5.41, 5.74) is 4.79. The zero-order valence-electron chi connectivity index (χ0n) is 16.4. The molecule has 5 heteroatoms. The van der Waals surface area contributed by atoms with Crippen LogP contribution in [0.1, 0.15) is 30.0 Å². The maximum atomic E-state index is 12.7. The first-order valence-electron chi connectivity index (χ1n) is 10.1. The van der Waals surface area contributed by atoms with Gasteiger partial charge in [-0.25, -0.2) is 0 Å². The maximum absolute atomic E-state index is 12.7. The second kappa shape index (κ2) is 8.15. The average Bonchev–Trinajstić information content (AvgIpc) is 3.11. The molecule has 2 aliphatic rings. The Bertz CT molecular complexity index is 880.